The Morgan fingerprint density at radius 3 is 2.64 bits per heavy atom. The number of carbonyl (C=O) groups is 1. The molecule has 2 unspecified atom stereocenters. The van der Waals surface area contributed by atoms with Crippen molar-refractivity contribution in [2.45, 2.75) is 25.8 Å². The molecule has 6 heteroatoms. The molecule has 1 saturated heterocycles. The van der Waals surface area contributed by atoms with Crippen LogP contribution in [-0.2, 0) is 4.79 Å². The lowest BCUT2D eigenvalue weighted by molar-refractivity contribution is -0.122. The second-order valence-corrected chi connectivity index (χ2v) is 5.42. The number of hydrogen-bond donors (Lipinski definition) is 2. The minimum absolute atomic E-state index is 0. The van der Waals surface area contributed by atoms with Gasteiger partial charge in [-0.1, -0.05) is 6.92 Å². The molecular formula is C16H25ClN2O3. The molecule has 2 atom stereocenters. The van der Waals surface area contributed by atoms with Crippen LogP contribution in [0.25, 0.3) is 0 Å². The Kier molecular flexibility index (Phi) is 8.06. The largest absolute Gasteiger partial charge is 0.497 e. The third kappa shape index (κ3) is 5.73. The first-order valence-electron chi connectivity index (χ1n) is 7.46. The third-order valence-corrected chi connectivity index (χ3v) is 3.79. The zero-order valence-electron chi connectivity index (χ0n) is 13.1. The smallest absolute Gasteiger partial charge is 0.223 e. The molecule has 0 aliphatic carbocycles. The van der Waals surface area contributed by atoms with Gasteiger partial charge in [-0.15, -0.1) is 12.4 Å². The quantitative estimate of drug-likeness (QED) is 0.838. The van der Waals surface area contributed by atoms with E-state index in [1.54, 1.807) is 7.11 Å². The van der Waals surface area contributed by atoms with Gasteiger partial charge in [0.05, 0.1) is 20.1 Å². The average molecular weight is 329 g/mol. The molecule has 1 aliphatic rings. The summed E-state index contributed by atoms with van der Waals surface area (Å²) >= 11 is 0. The van der Waals surface area contributed by atoms with E-state index >= 15 is 0 Å². The van der Waals surface area contributed by atoms with Crippen molar-refractivity contribution in [2.24, 2.45) is 5.92 Å². The SMILES string of the molecule is COc1ccc(OCCC(=O)NC2CCNCC2C)cc1.Cl. The predicted octanol–water partition coefficient (Wildman–Crippen LogP) is 2.00. The summed E-state index contributed by atoms with van der Waals surface area (Å²) in [5, 5.41) is 6.42. The molecule has 1 amide bonds. The van der Waals surface area contributed by atoms with Crippen LogP contribution < -0.4 is 20.1 Å². The molecule has 1 heterocycles. The van der Waals surface area contributed by atoms with Crippen molar-refractivity contribution >= 4 is 18.3 Å². The average Bonchev–Trinajstić information content (AvgIpc) is 2.50. The summed E-state index contributed by atoms with van der Waals surface area (Å²) in [4.78, 5) is 11.9. The Morgan fingerprint density at radius 2 is 2.00 bits per heavy atom. The second-order valence-electron chi connectivity index (χ2n) is 5.42. The van der Waals surface area contributed by atoms with Crippen LogP contribution >= 0.6 is 12.4 Å². The molecule has 0 aromatic heterocycles. The van der Waals surface area contributed by atoms with Crippen molar-refractivity contribution in [3.63, 3.8) is 0 Å². The highest BCUT2D eigenvalue weighted by Crippen LogP contribution is 2.17. The number of halogens is 1. The molecule has 1 aliphatic heterocycles. The Hall–Kier alpha value is -1.46. The molecule has 0 spiro atoms. The Morgan fingerprint density at radius 1 is 1.32 bits per heavy atom. The van der Waals surface area contributed by atoms with Crippen LogP contribution in [-0.4, -0.2) is 38.8 Å². The van der Waals surface area contributed by atoms with Crippen molar-refractivity contribution < 1.29 is 14.3 Å². The zero-order chi connectivity index (χ0) is 15.1. The van der Waals surface area contributed by atoms with Gasteiger partial charge < -0.3 is 20.1 Å². The van der Waals surface area contributed by atoms with Gasteiger partial charge in [0.1, 0.15) is 11.5 Å². The first kappa shape index (κ1) is 18.6. The molecule has 0 bridgehead atoms. The first-order chi connectivity index (χ1) is 10.2. The van der Waals surface area contributed by atoms with E-state index in [1.807, 2.05) is 24.3 Å². The maximum absolute atomic E-state index is 11.9. The van der Waals surface area contributed by atoms with Gasteiger partial charge in [0.2, 0.25) is 5.91 Å². The van der Waals surface area contributed by atoms with E-state index in [0.29, 0.717) is 18.9 Å². The molecule has 0 saturated carbocycles. The summed E-state index contributed by atoms with van der Waals surface area (Å²) in [5.41, 5.74) is 0. The van der Waals surface area contributed by atoms with E-state index in [2.05, 4.69) is 17.6 Å². The number of hydrogen-bond acceptors (Lipinski definition) is 4. The highest BCUT2D eigenvalue weighted by molar-refractivity contribution is 5.85. The topological polar surface area (TPSA) is 59.6 Å². The number of amides is 1. The molecule has 2 rings (SSSR count). The van der Waals surface area contributed by atoms with E-state index in [9.17, 15) is 4.79 Å². The molecule has 124 valence electrons. The van der Waals surface area contributed by atoms with Gasteiger partial charge in [0.25, 0.3) is 0 Å². The van der Waals surface area contributed by atoms with Crippen LogP contribution in [0.3, 0.4) is 0 Å². The zero-order valence-corrected chi connectivity index (χ0v) is 13.9. The van der Waals surface area contributed by atoms with Crippen molar-refractivity contribution in [1.82, 2.24) is 10.6 Å². The number of methoxy groups -OCH3 is 1. The van der Waals surface area contributed by atoms with E-state index in [-0.39, 0.29) is 24.4 Å². The third-order valence-electron chi connectivity index (χ3n) is 3.79. The van der Waals surface area contributed by atoms with Gasteiger partial charge in [-0.2, -0.15) is 0 Å². The van der Waals surface area contributed by atoms with Crippen LogP contribution in [0.5, 0.6) is 11.5 Å². The second kappa shape index (κ2) is 9.54. The predicted molar refractivity (Wildman–Crippen MR) is 88.9 cm³/mol. The highest BCUT2D eigenvalue weighted by Gasteiger charge is 2.22. The summed E-state index contributed by atoms with van der Waals surface area (Å²) in [6.07, 6.45) is 1.37. The Balaban J connectivity index is 0.00000242. The first-order valence-corrected chi connectivity index (χ1v) is 7.46. The van der Waals surface area contributed by atoms with E-state index in [4.69, 9.17) is 9.47 Å². The van der Waals surface area contributed by atoms with E-state index in [0.717, 1.165) is 31.0 Å². The minimum Gasteiger partial charge on any atom is -0.497 e. The van der Waals surface area contributed by atoms with Crippen LogP contribution in [0.15, 0.2) is 24.3 Å². The summed E-state index contributed by atoms with van der Waals surface area (Å²) < 4.78 is 10.6. The Labute approximate surface area is 138 Å². The van der Waals surface area contributed by atoms with E-state index in [1.165, 1.54) is 0 Å². The summed E-state index contributed by atoms with van der Waals surface area (Å²) in [6, 6.07) is 7.63. The van der Waals surface area contributed by atoms with Crippen molar-refractivity contribution in [3.8, 4) is 11.5 Å². The van der Waals surface area contributed by atoms with Gasteiger partial charge in [-0.3, -0.25) is 4.79 Å². The number of nitrogens with one attached hydrogen (secondary N) is 2. The van der Waals surface area contributed by atoms with Gasteiger partial charge in [-0.05, 0) is 49.7 Å². The molecule has 1 aromatic rings. The molecule has 1 aromatic carbocycles. The summed E-state index contributed by atoms with van der Waals surface area (Å²) in [5.74, 6) is 2.08. The van der Waals surface area contributed by atoms with Gasteiger partial charge in [0, 0.05) is 6.04 Å². The van der Waals surface area contributed by atoms with Crippen LogP contribution in [0.2, 0.25) is 0 Å². The van der Waals surface area contributed by atoms with Gasteiger partial charge in [-0.25, -0.2) is 0 Å². The summed E-state index contributed by atoms with van der Waals surface area (Å²) in [7, 11) is 1.63. The molecule has 22 heavy (non-hydrogen) atoms. The fourth-order valence-electron chi connectivity index (χ4n) is 2.44. The van der Waals surface area contributed by atoms with Crippen molar-refractivity contribution in [3.05, 3.63) is 24.3 Å². The molecule has 0 radical (unpaired) electrons. The molecule has 5 nitrogen and oxygen atoms in total. The number of ether oxygens (including phenoxy) is 2. The maximum atomic E-state index is 11.9. The number of rotatable bonds is 6. The number of piperidine rings is 1. The molecular weight excluding hydrogens is 304 g/mol. The summed E-state index contributed by atoms with van der Waals surface area (Å²) in [6.45, 7) is 4.48. The standard InChI is InChI=1S/C16H24N2O3.ClH/c1-12-11-17-9-7-15(12)18-16(19)8-10-21-14-5-3-13(20-2)4-6-14;/h3-6,12,15,17H,7-11H2,1-2H3,(H,18,19);1H. The fourth-order valence-corrected chi connectivity index (χ4v) is 2.44. The van der Waals surface area contributed by atoms with Crippen molar-refractivity contribution in [1.29, 1.82) is 0 Å². The highest BCUT2D eigenvalue weighted by atomic mass is 35.5. The molecule has 1 fully saturated rings. The maximum Gasteiger partial charge on any atom is 0.223 e. The molecule has 2 N–H and O–H groups in total. The van der Waals surface area contributed by atoms with Gasteiger partial charge >= 0.3 is 0 Å². The monoisotopic (exact) mass is 328 g/mol. The lowest BCUT2D eigenvalue weighted by atomic mass is 9.95. The lowest BCUT2D eigenvalue weighted by Gasteiger charge is -2.30. The minimum atomic E-state index is 0. The number of carbonyl (C=O) groups excluding carboxylic acids is 1. The van der Waals surface area contributed by atoms with Crippen LogP contribution in [0.1, 0.15) is 19.8 Å². The lowest BCUT2D eigenvalue weighted by Crippen LogP contribution is -2.48. The normalized spacial score (nSPS) is 20.6. The Bertz CT molecular complexity index is 453. The fraction of sp³-hybridized carbons (Fsp3) is 0.562. The van der Waals surface area contributed by atoms with Crippen LogP contribution in [0, 0.1) is 5.92 Å². The van der Waals surface area contributed by atoms with Crippen LogP contribution in [0.4, 0.5) is 0 Å². The van der Waals surface area contributed by atoms with Gasteiger partial charge in [0.15, 0.2) is 0 Å². The number of benzene rings is 1. The van der Waals surface area contributed by atoms with Crippen molar-refractivity contribution in [2.75, 3.05) is 26.8 Å². The van der Waals surface area contributed by atoms with E-state index < -0.39 is 0 Å².